The van der Waals surface area contributed by atoms with Crippen molar-refractivity contribution in [3.8, 4) is 0 Å². The summed E-state index contributed by atoms with van der Waals surface area (Å²) >= 11 is 0. The SMILES string of the molecule is CCOCC=CC(N)CF. The number of hydrogen-bond acceptors (Lipinski definition) is 2. The van der Waals surface area contributed by atoms with Crippen LogP contribution in [-0.2, 0) is 4.74 Å². The average Bonchev–Trinajstić information content (AvgIpc) is 1.98. The van der Waals surface area contributed by atoms with Gasteiger partial charge in [0, 0.05) is 6.61 Å². The van der Waals surface area contributed by atoms with Gasteiger partial charge in [-0.05, 0) is 6.92 Å². The van der Waals surface area contributed by atoms with Gasteiger partial charge in [0.15, 0.2) is 0 Å². The van der Waals surface area contributed by atoms with Gasteiger partial charge < -0.3 is 10.5 Å². The van der Waals surface area contributed by atoms with Crippen LogP contribution >= 0.6 is 0 Å². The Hall–Kier alpha value is -0.410. The van der Waals surface area contributed by atoms with E-state index in [4.69, 9.17) is 10.5 Å². The van der Waals surface area contributed by atoms with Gasteiger partial charge in [0.2, 0.25) is 0 Å². The van der Waals surface area contributed by atoms with Crippen molar-refractivity contribution < 1.29 is 9.13 Å². The molecule has 0 aromatic heterocycles. The molecule has 0 rings (SSSR count). The van der Waals surface area contributed by atoms with Crippen LogP contribution in [0.1, 0.15) is 6.92 Å². The number of halogens is 1. The van der Waals surface area contributed by atoms with Crippen LogP contribution in [0.5, 0.6) is 0 Å². The largest absolute Gasteiger partial charge is 0.378 e. The van der Waals surface area contributed by atoms with E-state index in [-0.39, 0.29) is 0 Å². The van der Waals surface area contributed by atoms with Gasteiger partial charge in [-0.15, -0.1) is 0 Å². The second-order valence-electron chi connectivity index (χ2n) is 1.91. The Labute approximate surface area is 60.9 Å². The molecule has 0 heterocycles. The number of alkyl halides is 1. The summed E-state index contributed by atoms with van der Waals surface area (Å²) in [6, 6.07) is -0.472. The summed E-state index contributed by atoms with van der Waals surface area (Å²) in [4.78, 5) is 0. The van der Waals surface area contributed by atoms with Crippen molar-refractivity contribution in [3.63, 3.8) is 0 Å². The number of ether oxygens (including phenoxy) is 1. The molecule has 0 saturated carbocycles. The summed E-state index contributed by atoms with van der Waals surface area (Å²) in [5.41, 5.74) is 5.24. The van der Waals surface area contributed by atoms with E-state index >= 15 is 0 Å². The first-order chi connectivity index (χ1) is 4.81. The minimum atomic E-state index is -0.511. The summed E-state index contributed by atoms with van der Waals surface area (Å²) in [7, 11) is 0. The van der Waals surface area contributed by atoms with Crippen molar-refractivity contribution >= 4 is 0 Å². The fourth-order valence-electron chi connectivity index (χ4n) is 0.468. The first kappa shape index (κ1) is 9.59. The van der Waals surface area contributed by atoms with E-state index in [1.807, 2.05) is 6.92 Å². The molecule has 0 saturated heterocycles. The monoisotopic (exact) mass is 147 g/mol. The van der Waals surface area contributed by atoms with Gasteiger partial charge >= 0.3 is 0 Å². The highest BCUT2D eigenvalue weighted by Gasteiger charge is 1.91. The van der Waals surface area contributed by atoms with Crippen LogP contribution in [0.2, 0.25) is 0 Å². The quantitative estimate of drug-likeness (QED) is 0.462. The van der Waals surface area contributed by atoms with E-state index in [0.29, 0.717) is 13.2 Å². The lowest BCUT2D eigenvalue weighted by Crippen LogP contribution is -2.18. The Kier molecular flexibility index (Phi) is 6.43. The maximum atomic E-state index is 11.7. The molecule has 0 aliphatic carbocycles. The first-order valence-corrected chi connectivity index (χ1v) is 3.37. The van der Waals surface area contributed by atoms with Crippen LogP contribution in [-0.4, -0.2) is 25.9 Å². The van der Waals surface area contributed by atoms with Gasteiger partial charge in [0.25, 0.3) is 0 Å². The second-order valence-corrected chi connectivity index (χ2v) is 1.91. The van der Waals surface area contributed by atoms with E-state index in [1.165, 1.54) is 0 Å². The molecule has 2 nitrogen and oxygen atoms in total. The minimum Gasteiger partial charge on any atom is -0.378 e. The van der Waals surface area contributed by atoms with Crippen LogP contribution in [0.4, 0.5) is 4.39 Å². The first-order valence-electron chi connectivity index (χ1n) is 3.37. The maximum absolute atomic E-state index is 11.7. The number of hydrogen-bond donors (Lipinski definition) is 1. The topological polar surface area (TPSA) is 35.2 Å². The molecule has 0 amide bonds. The molecular weight excluding hydrogens is 133 g/mol. The Bertz CT molecular complexity index is 95.6. The number of rotatable bonds is 5. The average molecular weight is 147 g/mol. The third-order valence-electron chi connectivity index (χ3n) is 0.980. The third-order valence-corrected chi connectivity index (χ3v) is 0.980. The van der Waals surface area contributed by atoms with Crippen LogP contribution in [0.3, 0.4) is 0 Å². The molecule has 0 aromatic carbocycles. The molecule has 0 bridgehead atoms. The van der Waals surface area contributed by atoms with Gasteiger partial charge in [-0.25, -0.2) is 4.39 Å². The molecule has 0 aromatic rings. The molecular formula is C7H14FNO. The van der Waals surface area contributed by atoms with E-state index < -0.39 is 12.7 Å². The lowest BCUT2D eigenvalue weighted by molar-refractivity contribution is 0.177. The molecule has 0 radical (unpaired) electrons. The molecule has 60 valence electrons. The molecule has 0 spiro atoms. The van der Waals surface area contributed by atoms with Crippen LogP contribution < -0.4 is 5.73 Å². The zero-order chi connectivity index (χ0) is 7.82. The van der Waals surface area contributed by atoms with Crippen molar-refractivity contribution in [3.05, 3.63) is 12.2 Å². The Morgan fingerprint density at radius 3 is 2.90 bits per heavy atom. The van der Waals surface area contributed by atoms with E-state index in [1.54, 1.807) is 12.2 Å². The van der Waals surface area contributed by atoms with Gasteiger partial charge in [-0.3, -0.25) is 0 Å². The lowest BCUT2D eigenvalue weighted by atomic mass is 10.3. The summed E-state index contributed by atoms with van der Waals surface area (Å²) in [6.07, 6.45) is 3.34. The van der Waals surface area contributed by atoms with Crippen molar-refractivity contribution in [1.29, 1.82) is 0 Å². The zero-order valence-electron chi connectivity index (χ0n) is 6.22. The summed E-state index contributed by atoms with van der Waals surface area (Å²) in [5.74, 6) is 0. The normalized spacial score (nSPS) is 14.3. The summed E-state index contributed by atoms with van der Waals surface area (Å²) < 4.78 is 16.6. The molecule has 1 atom stereocenters. The lowest BCUT2D eigenvalue weighted by Gasteiger charge is -1.97. The highest BCUT2D eigenvalue weighted by atomic mass is 19.1. The van der Waals surface area contributed by atoms with Gasteiger partial charge in [0.05, 0.1) is 12.6 Å². The van der Waals surface area contributed by atoms with Crippen molar-refractivity contribution in [2.45, 2.75) is 13.0 Å². The molecule has 2 N–H and O–H groups in total. The highest BCUT2D eigenvalue weighted by molar-refractivity contribution is 4.90. The van der Waals surface area contributed by atoms with Gasteiger partial charge in [-0.2, -0.15) is 0 Å². The van der Waals surface area contributed by atoms with Crippen LogP contribution in [0.15, 0.2) is 12.2 Å². The molecule has 1 unspecified atom stereocenters. The molecule has 0 fully saturated rings. The fourth-order valence-corrected chi connectivity index (χ4v) is 0.468. The predicted octanol–water partition coefficient (Wildman–Crippen LogP) is 0.876. The van der Waals surface area contributed by atoms with E-state index in [0.717, 1.165) is 0 Å². The third kappa shape index (κ3) is 5.72. The number of nitrogens with two attached hydrogens (primary N) is 1. The summed E-state index contributed by atoms with van der Waals surface area (Å²) in [6.45, 7) is 2.59. The highest BCUT2D eigenvalue weighted by Crippen LogP contribution is 1.83. The molecule has 0 aliphatic heterocycles. The minimum absolute atomic E-state index is 0.472. The van der Waals surface area contributed by atoms with E-state index in [2.05, 4.69) is 0 Å². The predicted molar refractivity (Wildman–Crippen MR) is 39.6 cm³/mol. The standard InChI is InChI=1S/C7H14FNO/c1-2-10-5-3-4-7(9)6-8/h3-4,7H,2,5-6,9H2,1H3. The zero-order valence-corrected chi connectivity index (χ0v) is 6.22. The fraction of sp³-hybridized carbons (Fsp3) is 0.714. The van der Waals surface area contributed by atoms with E-state index in [9.17, 15) is 4.39 Å². The Morgan fingerprint density at radius 2 is 2.40 bits per heavy atom. The smallest absolute Gasteiger partial charge is 0.108 e. The van der Waals surface area contributed by atoms with Gasteiger partial charge in [-0.1, -0.05) is 12.2 Å². The Morgan fingerprint density at radius 1 is 1.70 bits per heavy atom. The summed E-state index contributed by atoms with van der Waals surface area (Å²) in [5, 5.41) is 0. The Balaban J connectivity index is 3.18. The molecule has 10 heavy (non-hydrogen) atoms. The van der Waals surface area contributed by atoms with Crippen molar-refractivity contribution in [2.24, 2.45) is 5.73 Å². The van der Waals surface area contributed by atoms with Crippen molar-refractivity contribution in [2.75, 3.05) is 19.9 Å². The molecule has 3 heteroatoms. The van der Waals surface area contributed by atoms with Crippen molar-refractivity contribution in [1.82, 2.24) is 0 Å². The second kappa shape index (κ2) is 6.71. The van der Waals surface area contributed by atoms with Crippen LogP contribution in [0, 0.1) is 0 Å². The van der Waals surface area contributed by atoms with Crippen LogP contribution in [0.25, 0.3) is 0 Å². The van der Waals surface area contributed by atoms with Gasteiger partial charge in [0.1, 0.15) is 6.67 Å². The maximum Gasteiger partial charge on any atom is 0.108 e. The molecule has 0 aliphatic rings.